The normalized spacial score (nSPS) is 9.95. The summed E-state index contributed by atoms with van der Waals surface area (Å²) >= 11 is 1.42. The van der Waals surface area contributed by atoms with Gasteiger partial charge >= 0.3 is 0 Å². The number of nitrogens with one attached hydrogen (secondary N) is 2. The van der Waals surface area contributed by atoms with Crippen molar-refractivity contribution in [3.05, 3.63) is 44.8 Å². The molecule has 0 unspecified atom stereocenters. The van der Waals surface area contributed by atoms with E-state index in [1.807, 2.05) is 0 Å². The SMILES string of the molecule is CNc1cc(C(=O)Nc2ccsc2)c([N+](=O)[O-])cn1. The first-order valence-corrected chi connectivity index (χ1v) is 6.22. The lowest BCUT2D eigenvalue weighted by Gasteiger charge is -2.05. The first-order chi connectivity index (χ1) is 9.11. The van der Waals surface area contributed by atoms with Crippen molar-refractivity contribution in [2.24, 2.45) is 0 Å². The number of aromatic nitrogens is 1. The van der Waals surface area contributed by atoms with E-state index in [1.54, 1.807) is 23.9 Å². The number of carbonyl (C=O) groups is 1. The van der Waals surface area contributed by atoms with Crippen molar-refractivity contribution >= 4 is 34.4 Å². The quantitative estimate of drug-likeness (QED) is 0.661. The molecule has 0 bridgehead atoms. The summed E-state index contributed by atoms with van der Waals surface area (Å²) in [5.41, 5.74) is 0.245. The third-order valence-corrected chi connectivity index (χ3v) is 3.04. The second-order valence-electron chi connectivity index (χ2n) is 3.56. The maximum atomic E-state index is 12.0. The van der Waals surface area contributed by atoms with Gasteiger partial charge in [0.15, 0.2) is 0 Å². The smallest absolute Gasteiger partial charge is 0.300 e. The van der Waals surface area contributed by atoms with E-state index in [0.29, 0.717) is 11.5 Å². The maximum Gasteiger partial charge on any atom is 0.300 e. The molecule has 2 rings (SSSR count). The fraction of sp³-hybridized carbons (Fsp3) is 0.0909. The third-order valence-electron chi connectivity index (χ3n) is 2.36. The summed E-state index contributed by atoms with van der Waals surface area (Å²) in [6.07, 6.45) is 1.06. The van der Waals surface area contributed by atoms with Gasteiger partial charge in [-0.3, -0.25) is 14.9 Å². The predicted molar refractivity (Wildman–Crippen MR) is 72.7 cm³/mol. The minimum absolute atomic E-state index is 0.0319. The van der Waals surface area contributed by atoms with E-state index in [1.165, 1.54) is 17.4 Å². The van der Waals surface area contributed by atoms with Crippen molar-refractivity contribution in [3.8, 4) is 0 Å². The summed E-state index contributed by atoms with van der Waals surface area (Å²) in [7, 11) is 1.62. The van der Waals surface area contributed by atoms with Crippen LogP contribution in [0.5, 0.6) is 0 Å². The molecule has 0 aliphatic rings. The number of hydrogen-bond acceptors (Lipinski definition) is 6. The highest BCUT2D eigenvalue weighted by Crippen LogP contribution is 2.22. The molecule has 2 aromatic heterocycles. The van der Waals surface area contributed by atoms with Crippen molar-refractivity contribution in [2.45, 2.75) is 0 Å². The molecule has 2 aromatic rings. The van der Waals surface area contributed by atoms with Crippen LogP contribution >= 0.6 is 11.3 Å². The minimum atomic E-state index is -0.630. The van der Waals surface area contributed by atoms with Crippen molar-refractivity contribution in [1.82, 2.24) is 4.98 Å². The van der Waals surface area contributed by atoms with Gasteiger partial charge in [-0.2, -0.15) is 11.3 Å². The van der Waals surface area contributed by atoms with Crippen LogP contribution in [-0.4, -0.2) is 22.9 Å². The number of rotatable bonds is 4. The zero-order chi connectivity index (χ0) is 13.8. The molecule has 0 saturated heterocycles. The van der Waals surface area contributed by atoms with E-state index in [0.717, 1.165) is 6.20 Å². The molecule has 0 fully saturated rings. The van der Waals surface area contributed by atoms with Gasteiger partial charge in [-0.15, -0.1) is 0 Å². The fourth-order valence-electron chi connectivity index (χ4n) is 1.45. The van der Waals surface area contributed by atoms with Gasteiger partial charge in [0.1, 0.15) is 17.6 Å². The molecule has 0 radical (unpaired) electrons. The van der Waals surface area contributed by atoms with Crippen molar-refractivity contribution in [3.63, 3.8) is 0 Å². The van der Waals surface area contributed by atoms with E-state index in [9.17, 15) is 14.9 Å². The highest BCUT2D eigenvalue weighted by atomic mass is 32.1. The van der Waals surface area contributed by atoms with Crippen LogP contribution in [0.25, 0.3) is 0 Å². The molecule has 8 heteroatoms. The highest BCUT2D eigenvalue weighted by molar-refractivity contribution is 7.08. The molecule has 0 spiro atoms. The summed E-state index contributed by atoms with van der Waals surface area (Å²) in [6, 6.07) is 3.06. The first-order valence-electron chi connectivity index (χ1n) is 5.27. The molecule has 1 amide bonds. The Balaban J connectivity index is 2.35. The van der Waals surface area contributed by atoms with Gasteiger partial charge in [-0.05, 0) is 11.4 Å². The van der Waals surface area contributed by atoms with Crippen LogP contribution in [0.4, 0.5) is 17.2 Å². The molecule has 19 heavy (non-hydrogen) atoms. The van der Waals surface area contributed by atoms with Crippen LogP contribution in [0, 0.1) is 10.1 Å². The molecular weight excluding hydrogens is 268 g/mol. The van der Waals surface area contributed by atoms with Crippen molar-refractivity contribution in [1.29, 1.82) is 0 Å². The summed E-state index contributed by atoms with van der Waals surface area (Å²) in [4.78, 5) is 26.1. The molecule has 2 N–H and O–H groups in total. The number of amides is 1. The van der Waals surface area contributed by atoms with E-state index >= 15 is 0 Å². The Morgan fingerprint density at radius 2 is 2.32 bits per heavy atom. The minimum Gasteiger partial charge on any atom is -0.373 e. The average Bonchev–Trinajstić information content (AvgIpc) is 2.90. The molecule has 98 valence electrons. The van der Waals surface area contributed by atoms with E-state index in [4.69, 9.17) is 0 Å². The average molecular weight is 278 g/mol. The predicted octanol–water partition coefficient (Wildman–Crippen LogP) is 2.35. The van der Waals surface area contributed by atoms with Gasteiger partial charge in [-0.1, -0.05) is 0 Å². The van der Waals surface area contributed by atoms with Gasteiger partial charge in [-0.25, -0.2) is 4.98 Å². The highest BCUT2D eigenvalue weighted by Gasteiger charge is 2.21. The van der Waals surface area contributed by atoms with Crippen LogP contribution in [0.3, 0.4) is 0 Å². The molecule has 0 aromatic carbocycles. The summed E-state index contributed by atoms with van der Waals surface area (Å²) < 4.78 is 0. The maximum absolute atomic E-state index is 12.0. The molecular formula is C11H10N4O3S. The number of pyridine rings is 1. The second kappa shape index (κ2) is 5.44. The number of nitro groups is 1. The third kappa shape index (κ3) is 2.86. The van der Waals surface area contributed by atoms with Crippen LogP contribution in [-0.2, 0) is 0 Å². The summed E-state index contributed by atoms with van der Waals surface area (Å²) in [5, 5.41) is 19.8. The lowest BCUT2D eigenvalue weighted by atomic mass is 10.2. The van der Waals surface area contributed by atoms with Crippen LogP contribution in [0.1, 0.15) is 10.4 Å². The Bertz CT molecular complexity index is 612. The molecule has 7 nitrogen and oxygen atoms in total. The zero-order valence-electron chi connectivity index (χ0n) is 9.91. The number of anilines is 2. The Morgan fingerprint density at radius 1 is 1.53 bits per heavy atom. The van der Waals surface area contributed by atoms with Crippen molar-refractivity contribution < 1.29 is 9.72 Å². The Labute approximate surface area is 112 Å². The largest absolute Gasteiger partial charge is 0.373 e. The fourth-order valence-corrected chi connectivity index (χ4v) is 2.03. The summed E-state index contributed by atoms with van der Waals surface area (Å²) in [5.74, 6) is -0.148. The van der Waals surface area contributed by atoms with E-state index < -0.39 is 10.8 Å². The molecule has 2 heterocycles. The van der Waals surface area contributed by atoms with Gasteiger partial charge in [0.2, 0.25) is 0 Å². The van der Waals surface area contributed by atoms with Crippen LogP contribution < -0.4 is 10.6 Å². The topological polar surface area (TPSA) is 97.2 Å². The number of hydrogen-bond donors (Lipinski definition) is 2. The first kappa shape index (κ1) is 13.0. The van der Waals surface area contributed by atoms with E-state index in [-0.39, 0.29) is 11.3 Å². The molecule has 0 saturated carbocycles. The number of nitrogens with zero attached hydrogens (tertiary/aromatic N) is 2. The van der Waals surface area contributed by atoms with Crippen molar-refractivity contribution in [2.75, 3.05) is 17.7 Å². The summed E-state index contributed by atoms with van der Waals surface area (Å²) in [6.45, 7) is 0. The molecule has 0 atom stereocenters. The van der Waals surface area contributed by atoms with E-state index in [2.05, 4.69) is 15.6 Å². The van der Waals surface area contributed by atoms with Gasteiger partial charge in [0.05, 0.1) is 10.6 Å². The Kier molecular flexibility index (Phi) is 3.71. The monoisotopic (exact) mass is 278 g/mol. The second-order valence-corrected chi connectivity index (χ2v) is 4.34. The van der Waals surface area contributed by atoms with Gasteiger partial charge < -0.3 is 10.6 Å². The van der Waals surface area contributed by atoms with Crippen LogP contribution in [0.2, 0.25) is 0 Å². The number of thiophene rings is 1. The standard InChI is InChI=1S/C11H10N4O3S/c1-12-10-4-8(9(5-13-10)15(17)18)11(16)14-7-2-3-19-6-7/h2-6H,1H3,(H,12,13)(H,14,16). The van der Waals surface area contributed by atoms with Gasteiger partial charge in [0.25, 0.3) is 11.6 Å². The molecule has 0 aliphatic heterocycles. The Hall–Kier alpha value is -2.48. The lowest BCUT2D eigenvalue weighted by Crippen LogP contribution is -2.14. The number of carbonyl (C=O) groups excluding carboxylic acids is 1. The van der Waals surface area contributed by atoms with Gasteiger partial charge in [0, 0.05) is 18.5 Å². The van der Waals surface area contributed by atoms with Crippen LogP contribution in [0.15, 0.2) is 29.1 Å². The zero-order valence-corrected chi connectivity index (χ0v) is 10.7. The molecule has 0 aliphatic carbocycles. The Morgan fingerprint density at radius 3 is 2.89 bits per heavy atom. The lowest BCUT2D eigenvalue weighted by molar-refractivity contribution is -0.385.